The molecule has 0 aliphatic rings. The van der Waals surface area contributed by atoms with Crippen LogP contribution in [0.15, 0.2) is 24.3 Å². The maximum Gasteiger partial charge on any atom is 0.251 e. The molecule has 0 radical (unpaired) electrons. The first-order valence-electron chi connectivity index (χ1n) is 3.65. The average molecular weight is 167 g/mol. The molecule has 1 aromatic rings. The Labute approximate surface area is 70.4 Å². The predicted octanol–water partition coefficient (Wildman–Crippen LogP) is 1.52. The van der Waals surface area contributed by atoms with Crippen LogP contribution in [-0.4, -0.2) is 13.0 Å². The first-order valence-corrected chi connectivity index (χ1v) is 3.65. The van der Waals surface area contributed by atoms with E-state index in [1.54, 1.807) is 31.3 Å². The summed E-state index contributed by atoms with van der Waals surface area (Å²) in [4.78, 5) is 11.0. The third-order valence-electron chi connectivity index (χ3n) is 1.60. The molecule has 0 heterocycles. The van der Waals surface area contributed by atoms with Crippen molar-refractivity contribution in [3.05, 3.63) is 35.4 Å². The minimum Gasteiger partial charge on any atom is -0.355 e. The molecule has 1 aromatic carbocycles. The molecule has 0 bridgehead atoms. The molecule has 64 valence electrons. The molecule has 1 amide bonds. The van der Waals surface area contributed by atoms with E-state index in [1.165, 1.54) is 0 Å². The molecule has 0 aliphatic heterocycles. The first kappa shape index (κ1) is 8.71. The molecule has 1 rings (SSSR count). The Morgan fingerprint density at radius 1 is 1.42 bits per heavy atom. The van der Waals surface area contributed by atoms with Crippen molar-refractivity contribution in [1.82, 2.24) is 5.32 Å². The van der Waals surface area contributed by atoms with E-state index in [-0.39, 0.29) is 5.91 Å². The SMILES string of the molecule is CNC(=O)c1ccc(CF)cc1. The molecule has 3 heteroatoms. The van der Waals surface area contributed by atoms with Crippen LogP contribution in [-0.2, 0) is 6.67 Å². The van der Waals surface area contributed by atoms with Gasteiger partial charge in [0.1, 0.15) is 6.67 Å². The number of halogens is 1. The Bertz CT molecular complexity index is 268. The van der Waals surface area contributed by atoms with Crippen LogP contribution >= 0.6 is 0 Å². The summed E-state index contributed by atoms with van der Waals surface area (Å²) in [7, 11) is 1.56. The maximum absolute atomic E-state index is 12.0. The number of carbonyl (C=O) groups is 1. The number of alkyl halides is 1. The van der Waals surface area contributed by atoms with Crippen LogP contribution in [0.3, 0.4) is 0 Å². The minimum absolute atomic E-state index is 0.152. The predicted molar refractivity (Wildman–Crippen MR) is 44.6 cm³/mol. The van der Waals surface area contributed by atoms with Crippen LogP contribution in [0.25, 0.3) is 0 Å². The van der Waals surface area contributed by atoms with Crippen LogP contribution in [0.2, 0.25) is 0 Å². The molecule has 1 N–H and O–H groups in total. The summed E-state index contributed by atoms with van der Waals surface area (Å²) in [6, 6.07) is 6.41. The number of carbonyl (C=O) groups excluding carboxylic acids is 1. The van der Waals surface area contributed by atoms with Gasteiger partial charge in [-0.1, -0.05) is 12.1 Å². The molecule has 0 spiro atoms. The van der Waals surface area contributed by atoms with E-state index in [2.05, 4.69) is 5.32 Å². The lowest BCUT2D eigenvalue weighted by atomic mass is 10.1. The number of rotatable bonds is 2. The van der Waals surface area contributed by atoms with Crippen LogP contribution in [0.4, 0.5) is 4.39 Å². The summed E-state index contributed by atoms with van der Waals surface area (Å²) in [6.45, 7) is -0.492. The van der Waals surface area contributed by atoms with Gasteiger partial charge in [0.05, 0.1) is 0 Å². The lowest BCUT2D eigenvalue weighted by molar-refractivity contribution is 0.0963. The normalized spacial score (nSPS) is 9.50. The van der Waals surface area contributed by atoms with E-state index in [0.717, 1.165) is 0 Å². The largest absolute Gasteiger partial charge is 0.355 e. The van der Waals surface area contributed by atoms with E-state index >= 15 is 0 Å². The Balaban J connectivity index is 2.84. The summed E-state index contributed by atoms with van der Waals surface area (Å²) < 4.78 is 12.0. The molecule has 0 unspecified atom stereocenters. The van der Waals surface area contributed by atoms with Crippen LogP contribution in [0.1, 0.15) is 15.9 Å². The van der Waals surface area contributed by atoms with Gasteiger partial charge in [-0.3, -0.25) is 4.79 Å². The Hall–Kier alpha value is -1.38. The molecular formula is C9H10FNO. The number of benzene rings is 1. The number of hydrogen-bond donors (Lipinski definition) is 1. The van der Waals surface area contributed by atoms with E-state index < -0.39 is 6.67 Å². The quantitative estimate of drug-likeness (QED) is 0.710. The van der Waals surface area contributed by atoms with Crippen molar-refractivity contribution in [2.45, 2.75) is 6.67 Å². The highest BCUT2D eigenvalue weighted by atomic mass is 19.1. The third kappa shape index (κ3) is 1.81. The lowest BCUT2D eigenvalue weighted by Gasteiger charge is -1.99. The van der Waals surface area contributed by atoms with Gasteiger partial charge in [-0.25, -0.2) is 4.39 Å². The van der Waals surface area contributed by atoms with Gasteiger partial charge in [-0.05, 0) is 17.7 Å². The molecule has 12 heavy (non-hydrogen) atoms. The van der Waals surface area contributed by atoms with Crippen LogP contribution in [0, 0.1) is 0 Å². The lowest BCUT2D eigenvalue weighted by Crippen LogP contribution is -2.17. The van der Waals surface area contributed by atoms with Crippen molar-refractivity contribution in [1.29, 1.82) is 0 Å². The molecule has 2 nitrogen and oxygen atoms in total. The number of amides is 1. The minimum atomic E-state index is -0.492. The summed E-state index contributed by atoms with van der Waals surface area (Å²) in [5, 5.41) is 2.49. The Morgan fingerprint density at radius 2 is 2.00 bits per heavy atom. The first-order chi connectivity index (χ1) is 5.77. The van der Waals surface area contributed by atoms with Gasteiger partial charge in [0.2, 0.25) is 0 Å². The highest BCUT2D eigenvalue weighted by Crippen LogP contribution is 2.05. The molecule has 0 saturated heterocycles. The van der Waals surface area contributed by atoms with Gasteiger partial charge in [0.25, 0.3) is 5.91 Å². The second-order valence-electron chi connectivity index (χ2n) is 2.41. The van der Waals surface area contributed by atoms with Gasteiger partial charge in [-0.15, -0.1) is 0 Å². The summed E-state index contributed by atoms with van der Waals surface area (Å²) in [5.41, 5.74) is 1.14. The van der Waals surface area contributed by atoms with Gasteiger partial charge in [0, 0.05) is 12.6 Å². The van der Waals surface area contributed by atoms with E-state index in [1.807, 2.05) is 0 Å². The summed E-state index contributed by atoms with van der Waals surface area (Å²) >= 11 is 0. The fourth-order valence-corrected chi connectivity index (χ4v) is 0.890. The summed E-state index contributed by atoms with van der Waals surface area (Å²) in [6.07, 6.45) is 0. The van der Waals surface area contributed by atoms with E-state index in [9.17, 15) is 9.18 Å². The van der Waals surface area contributed by atoms with Gasteiger partial charge in [0.15, 0.2) is 0 Å². The Kier molecular flexibility index (Phi) is 2.80. The van der Waals surface area contributed by atoms with E-state index in [0.29, 0.717) is 11.1 Å². The highest BCUT2D eigenvalue weighted by molar-refractivity contribution is 5.93. The fourth-order valence-electron chi connectivity index (χ4n) is 0.890. The van der Waals surface area contributed by atoms with Crippen molar-refractivity contribution < 1.29 is 9.18 Å². The molecular weight excluding hydrogens is 157 g/mol. The van der Waals surface area contributed by atoms with Crippen molar-refractivity contribution in [2.75, 3.05) is 7.05 Å². The van der Waals surface area contributed by atoms with Crippen molar-refractivity contribution in [2.24, 2.45) is 0 Å². The molecule has 0 atom stereocenters. The van der Waals surface area contributed by atoms with Crippen molar-refractivity contribution in [3.8, 4) is 0 Å². The topological polar surface area (TPSA) is 29.1 Å². The maximum atomic E-state index is 12.0. The molecule has 0 aliphatic carbocycles. The second-order valence-corrected chi connectivity index (χ2v) is 2.41. The standard InChI is InChI=1S/C9H10FNO/c1-11-9(12)8-4-2-7(6-10)3-5-8/h2-5H,6H2,1H3,(H,11,12). The van der Waals surface area contributed by atoms with Gasteiger partial charge >= 0.3 is 0 Å². The van der Waals surface area contributed by atoms with Crippen LogP contribution < -0.4 is 5.32 Å². The molecule has 0 aromatic heterocycles. The fraction of sp³-hybridized carbons (Fsp3) is 0.222. The number of hydrogen-bond acceptors (Lipinski definition) is 1. The average Bonchev–Trinajstić information content (AvgIpc) is 2.17. The summed E-state index contributed by atoms with van der Waals surface area (Å²) in [5.74, 6) is -0.152. The monoisotopic (exact) mass is 167 g/mol. The Morgan fingerprint density at radius 3 is 2.42 bits per heavy atom. The zero-order chi connectivity index (χ0) is 8.97. The third-order valence-corrected chi connectivity index (χ3v) is 1.60. The molecule has 0 fully saturated rings. The van der Waals surface area contributed by atoms with Gasteiger partial charge in [-0.2, -0.15) is 0 Å². The smallest absolute Gasteiger partial charge is 0.251 e. The van der Waals surface area contributed by atoms with E-state index in [4.69, 9.17) is 0 Å². The van der Waals surface area contributed by atoms with Gasteiger partial charge < -0.3 is 5.32 Å². The van der Waals surface area contributed by atoms with Crippen LogP contribution in [0.5, 0.6) is 0 Å². The van der Waals surface area contributed by atoms with Crippen molar-refractivity contribution in [3.63, 3.8) is 0 Å². The number of nitrogens with one attached hydrogen (secondary N) is 1. The zero-order valence-corrected chi connectivity index (χ0v) is 6.80. The zero-order valence-electron chi connectivity index (χ0n) is 6.80. The second kappa shape index (κ2) is 3.85. The van der Waals surface area contributed by atoms with Crippen molar-refractivity contribution >= 4 is 5.91 Å². The highest BCUT2D eigenvalue weighted by Gasteiger charge is 2.01. The molecule has 0 saturated carbocycles.